The van der Waals surface area contributed by atoms with Gasteiger partial charge in [-0.25, -0.2) is 0 Å². The monoisotopic (exact) mass is 377 g/mol. The lowest BCUT2D eigenvalue weighted by Crippen LogP contribution is -2.22. The Labute approximate surface area is 161 Å². The lowest BCUT2D eigenvalue weighted by Gasteiger charge is -2.20. The van der Waals surface area contributed by atoms with Gasteiger partial charge < -0.3 is 19.3 Å². The molecule has 1 fully saturated rings. The lowest BCUT2D eigenvalue weighted by molar-refractivity contribution is 0.0951. The highest BCUT2D eigenvalue weighted by molar-refractivity contribution is 5.95. The summed E-state index contributed by atoms with van der Waals surface area (Å²) in [5.41, 5.74) is 2.26. The highest BCUT2D eigenvalue weighted by Crippen LogP contribution is 2.36. The van der Waals surface area contributed by atoms with Crippen LogP contribution in [0.25, 0.3) is 11.4 Å². The van der Waals surface area contributed by atoms with Gasteiger partial charge in [0.1, 0.15) is 0 Å². The van der Waals surface area contributed by atoms with Crippen molar-refractivity contribution in [2.45, 2.75) is 31.7 Å². The Hall–Kier alpha value is -3.35. The Morgan fingerprint density at radius 2 is 2.00 bits per heavy atom. The molecule has 5 rings (SSSR count). The molecule has 0 atom stereocenters. The normalized spacial score (nSPS) is 15.3. The first-order chi connectivity index (χ1) is 13.8. The fourth-order valence-electron chi connectivity index (χ4n) is 3.31. The van der Waals surface area contributed by atoms with Crippen molar-refractivity contribution in [1.82, 2.24) is 15.5 Å². The molecule has 7 nitrogen and oxygen atoms in total. The summed E-state index contributed by atoms with van der Waals surface area (Å²) in [4.78, 5) is 17.1. The maximum absolute atomic E-state index is 12.6. The molecule has 1 saturated carbocycles. The number of benzene rings is 2. The predicted molar refractivity (Wildman–Crippen MR) is 100 cm³/mol. The molecule has 28 heavy (non-hydrogen) atoms. The van der Waals surface area contributed by atoms with Crippen molar-refractivity contribution in [3.63, 3.8) is 0 Å². The molecule has 1 aromatic heterocycles. The number of nitrogens with zero attached hydrogens (tertiary/aromatic N) is 2. The molecule has 1 amide bonds. The van der Waals surface area contributed by atoms with E-state index in [1.165, 1.54) is 6.42 Å². The lowest BCUT2D eigenvalue weighted by atomic mass is 9.85. The largest absolute Gasteiger partial charge is 0.454 e. The minimum Gasteiger partial charge on any atom is -0.454 e. The molecular weight excluding hydrogens is 358 g/mol. The van der Waals surface area contributed by atoms with Crippen molar-refractivity contribution >= 4 is 5.91 Å². The molecule has 0 unspecified atom stereocenters. The summed E-state index contributed by atoms with van der Waals surface area (Å²) in [7, 11) is 0. The van der Waals surface area contributed by atoms with E-state index >= 15 is 0 Å². The van der Waals surface area contributed by atoms with E-state index < -0.39 is 0 Å². The Morgan fingerprint density at radius 1 is 1.11 bits per heavy atom. The third-order valence-electron chi connectivity index (χ3n) is 5.17. The zero-order valence-corrected chi connectivity index (χ0v) is 15.2. The molecule has 1 aliphatic heterocycles. The van der Waals surface area contributed by atoms with Gasteiger partial charge in [0, 0.05) is 23.6 Å². The van der Waals surface area contributed by atoms with E-state index in [1.54, 1.807) is 12.1 Å². The van der Waals surface area contributed by atoms with Gasteiger partial charge in [0.2, 0.25) is 18.5 Å². The topological polar surface area (TPSA) is 86.5 Å². The van der Waals surface area contributed by atoms with Crippen LogP contribution in [-0.2, 0) is 6.54 Å². The van der Waals surface area contributed by atoms with Gasteiger partial charge in [0.15, 0.2) is 11.5 Å². The van der Waals surface area contributed by atoms with Crippen LogP contribution in [0.5, 0.6) is 11.5 Å². The number of nitrogens with one attached hydrogen (secondary N) is 1. The number of hydrogen-bond acceptors (Lipinski definition) is 6. The second-order valence-corrected chi connectivity index (χ2v) is 7.04. The highest BCUT2D eigenvalue weighted by Gasteiger charge is 2.25. The van der Waals surface area contributed by atoms with Crippen LogP contribution in [0.15, 0.2) is 47.0 Å². The summed E-state index contributed by atoms with van der Waals surface area (Å²) in [6.07, 6.45) is 3.41. The van der Waals surface area contributed by atoms with E-state index in [0.717, 1.165) is 29.7 Å². The van der Waals surface area contributed by atoms with Crippen LogP contribution in [0.2, 0.25) is 0 Å². The minimum atomic E-state index is -0.165. The van der Waals surface area contributed by atoms with Crippen molar-refractivity contribution in [2.75, 3.05) is 6.79 Å². The zero-order valence-electron chi connectivity index (χ0n) is 15.2. The number of carbonyl (C=O) groups is 1. The Morgan fingerprint density at radius 3 is 2.86 bits per heavy atom. The van der Waals surface area contributed by atoms with E-state index in [4.69, 9.17) is 14.0 Å². The van der Waals surface area contributed by atoms with Crippen molar-refractivity contribution in [3.8, 4) is 22.9 Å². The highest BCUT2D eigenvalue weighted by atomic mass is 16.7. The molecule has 2 aromatic carbocycles. The molecule has 142 valence electrons. The van der Waals surface area contributed by atoms with Crippen molar-refractivity contribution in [1.29, 1.82) is 0 Å². The van der Waals surface area contributed by atoms with E-state index in [1.807, 2.05) is 30.3 Å². The van der Waals surface area contributed by atoms with Crippen LogP contribution >= 0.6 is 0 Å². The molecular formula is C21H19N3O4. The smallest absolute Gasteiger partial charge is 0.251 e. The number of aromatic nitrogens is 2. The van der Waals surface area contributed by atoms with Crippen molar-refractivity contribution in [3.05, 3.63) is 59.5 Å². The van der Waals surface area contributed by atoms with Gasteiger partial charge in [-0.3, -0.25) is 4.79 Å². The maximum atomic E-state index is 12.6. The average Bonchev–Trinajstić information content (AvgIpc) is 3.34. The molecule has 2 heterocycles. The first-order valence-corrected chi connectivity index (χ1v) is 9.37. The van der Waals surface area contributed by atoms with Gasteiger partial charge in [0.25, 0.3) is 5.91 Å². The first kappa shape index (κ1) is 16.8. The van der Waals surface area contributed by atoms with Crippen LogP contribution in [0.1, 0.15) is 47.0 Å². The molecule has 0 saturated heterocycles. The molecule has 0 bridgehead atoms. The van der Waals surface area contributed by atoms with Gasteiger partial charge in [-0.05, 0) is 42.7 Å². The van der Waals surface area contributed by atoms with Crippen LogP contribution < -0.4 is 14.8 Å². The van der Waals surface area contributed by atoms with E-state index in [0.29, 0.717) is 35.5 Å². The molecule has 3 aromatic rings. The van der Waals surface area contributed by atoms with E-state index in [2.05, 4.69) is 15.5 Å². The quantitative estimate of drug-likeness (QED) is 0.730. The number of rotatable bonds is 5. The van der Waals surface area contributed by atoms with Gasteiger partial charge >= 0.3 is 0 Å². The van der Waals surface area contributed by atoms with Gasteiger partial charge in [-0.1, -0.05) is 29.8 Å². The van der Waals surface area contributed by atoms with E-state index in [-0.39, 0.29) is 12.7 Å². The molecule has 1 N–H and O–H groups in total. The third kappa shape index (κ3) is 3.19. The number of carbonyl (C=O) groups excluding carboxylic acids is 1. The summed E-state index contributed by atoms with van der Waals surface area (Å²) < 4.78 is 16.1. The fourth-order valence-corrected chi connectivity index (χ4v) is 3.31. The summed E-state index contributed by atoms with van der Waals surface area (Å²) >= 11 is 0. The fraction of sp³-hybridized carbons (Fsp3) is 0.286. The summed E-state index contributed by atoms with van der Waals surface area (Å²) in [6, 6.07) is 12.9. The van der Waals surface area contributed by atoms with Gasteiger partial charge in [-0.15, -0.1) is 0 Å². The standard InChI is InChI=1S/C21H19N3O4/c25-20(22-11-13-7-8-17-18(9-13)27-12-26-17)16-6-2-5-15(10-16)19-23-21(28-24-19)14-3-1-4-14/h2,5-10,14H,1,3-4,11-12H2,(H,22,25). The number of fused-ring (bicyclic) bond motifs is 1. The molecule has 2 aliphatic rings. The van der Waals surface area contributed by atoms with Crippen molar-refractivity contribution < 1.29 is 18.8 Å². The molecule has 1 aliphatic carbocycles. The van der Waals surface area contributed by atoms with Gasteiger partial charge in [-0.2, -0.15) is 4.98 Å². The first-order valence-electron chi connectivity index (χ1n) is 9.37. The Kier molecular flexibility index (Phi) is 4.20. The molecule has 0 spiro atoms. The number of ether oxygens (including phenoxy) is 2. The SMILES string of the molecule is O=C(NCc1ccc2c(c1)OCO2)c1cccc(-c2noc(C3CCC3)n2)c1. The zero-order chi connectivity index (χ0) is 18.9. The van der Waals surface area contributed by atoms with Crippen LogP contribution in [0, 0.1) is 0 Å². The Balaban J connectivity index is 1.27. The van der Waals surface area contributed by atoms with Gasteiger partial charge in [0.05, 0.1) is 0 Å². The van der Waals surface area contributed by atoms with Crippen LogP contribution in [0.4, 0.5) is 0 Å². The Bertz CT molecular complexity index is 1030. The molecule has 7 heteroatoms. The number of amides is 1. The second-order valence-electron chi connectivity index (χ2n) is 7.04. The van der Waals surface area contributed by atoms with Crippen LogP contribution in [0.3, 0.4) is 0 Å². The number of hydrogen-bond donors (Lipinski definition) is 1. The summed E-state index contributed by atoms with van der Waals surface area (Å²) in [5, 5.41) is 7.00. The van der Waals surface area contributed by atoms with Crippen molar-refractivity contribution in [2.24, 2.45) is 0 Å². The maximum Gasteiger partial charge on any atom is 0.251 e. The molecule has 0 radical (unpaired) electrons. The summed E-state index contributed by atoms with van der Waals surface area (Å²) in [6.45, 7) is 0.629. The second kappa shape index (κ2) is 6.99. The third-order valence-corrected chi connectivity index (χ3v) is 5.17. The van der Waals surface area contributed by atoms with E-state index in [9.17, 15) is 4.79 Å². The average molecular weight is 377 g/mol. The summed E-state index contributed by atoms with van der Waals surface area (Å²) in [5.74, 6) is 2.86. The van der Waals surface area contributed by atoms with Crippen LogP contribution in [-0.4, -0.2) is 22.8 Å². The minimum absolute atomic E-state index is 0.165. The predicted octanol–water partition coefficient (Wildman–Crippen LogP) is 3.66.